The molecule has 0 atom stereocenters. The van der Waals surface area contributed by atoms with E-state index < -0.39 is 0 Å². The fourth-order valence-corrected chi connectivity index (χ4v) is 5.38. The summed E-state index contributed by atoms with van der Waals surface area (Å²) in [4.78, 5) is 16.5. The number of hydrogen-bond donors (Lipinski definition) is 1. The predicted molar refractivity (Wildman–Crippen MR) is 113 cm³/mol. The van der Waals surface area contributed by atoms with Gasteiger partial charge in [0.15, 0.2) is 0 Å². The van der Waals surface area contributed by atoms with E-state index in [0.29, 0.717) is 18.1 Å². The lowest BCUT2D eigenvalue weighted by Crippen LogP contribution is -2.52. The van der Waals surface area contributed by atoms with Gasteiger partial charge >= 0.3 is 6.09 Å². The van der Waals surface area contributed by atoms with Crippen molar-refractivity contribution >= 4 is 11.8 Å². The summed E-state index contributed by atoms with van der Waals surface area (Å²) in [6.07, 6.45) is 6.85. The number of ether oxygens (including phenoxy) is 1. The van der Waals surface area contributed by atoms with Gasteiger partial charge in [0.2, 0.25) is 0 Å². The quantitative estimate of drug-likeness (QED) is 0.850. The van der Waals surface area contributed by atoms with Crippen LogP contribution in [-0.4, -0.2) is 61.3 Å². The Morgan fingerprint density at radius 2 is 1.93 bits per heavy atom. The number of carbonyl (C=O) groups is 1. The van der Waals surface area contributed by atoms with Crippen molar-refractivity contribution in [3.05, 3.63) is 29.3 Å². The second kappa shape index (κ2) is 8.32. The van der Waals surface area contributed by atoms with Crippen LogP contribution in [0.15, 0.2) is 18.2 Å². The maximum absolute atomic E-state index is 11.9. The van der Waals surface area contributed by atoms with Gasteiger partial charge in [-0.3, -0.25) is 0 Å². The van der Waals surface area contributed by atoms with Gasteiger partial charge in [-0.25, -0.2) is 4.79 Å². The molecule has 3 aliphatic rings. The third kappa shape index (κ3) is 3.73. The molecule has 0 aliphatic carbocycles. The van der Waals surface area contributed by atoms with Gasteiger partial charge in [0, 0.05) is 36.8 Å². The Morgan fingerprint density at radius 3 is 2.61 bits per heavy atom. The molecule has 0 bridgehead atoms. The summed E-state index contributed by atoms with van der Waals surface area (Å²) in [5.74, 6) is 0. The van der Waals surface area contributed by atoms with E-state index in [-0.39, 0.29) is 6.09 Å². The van der Waals surface area contributed by atoms with Crippen LogP contribution in [0.1, 0.15) is 57.1 Å². The number of piperidine rings is 2. The highest BCUT2D eigenvalue weighted by Crippen LogP contribution is 2.45. The van der Waals surface area contributed by atoms with Crippen molar-refractivity contribution in [3.63, 3.8) is 0 Å². The third-order valence-corrected chi connectivity index (χ3v) is 7.07. The number of aryl methyl sites for hydroxylation is 1. The molecule has 2 saturated heterocycles. The van der Waals surface area contributed by atoms with E-state index in [1.165, 1.54) is 50.0 Å². The molecular formula is C23H35N3O2. The zero-order valence-corrected chi connectivity index (χ0v) is 17.5. The highest BCUT2D eigenvalue weighted by atomic mass is 16.6. The summed E-state index contributed by atoms with van der Waals surface area (Å²) in [5, 5.41) is 3.68. The summed E-state index contributed by atoms with van der Waals surface area (Å²) in [7, 11) is 0. The minimum atomic E-state index is -0.143. The second-order valence-electron chi connectivity index (χ2n) is 8.72. The molecule has 3 aliphatic heterocycles. The first-order valence-corrected chi connectivity index (χ1v) is 11.2. The molecule has 1 amide bonds. The largest absolute Gasteiger partial charge is 0.450 e. The summed E-state index contributed by atoms with van der Waals surface area (Å²) in [6, 6.07) is 7.68. The molecule has 0 aromatic heterocycles. The van der Waals surface area contributed by atoms with Gasteiger partial charge in [-0.15, -0.1) is 0 Å². The fourth-order valence-electron chi connectivity index (χ4n) is 5.38. The van der Waals surface area contributed by atoms with Crippen LogP contribution in [0, 0.1) is 0 Å². The molecule has 1 aromatic rings. The van der Waals surface area contributed by atoms with E-state index in [9.17, 15) is 4.79 Å². The fraction of sp³-hybridized carbons (Fsp3) is 0.696. The number of hydrogen-bond acceptors (Lipinski definition) is 4. The van der Waals surface area contributed by atoms with E-state index in [2.05, 4.69) is 35.3 Å². The smallest absolute Gasteiger partial charge is 0.409 e. The maximum atomic E-state index is 11.9. The lowest BCUT2D eigenvalue weighted by Gasteiger charge is -2.45. The predicted octanol–water partition coefficient (Wildman–Crippen LogP) is 4.02. The van der Waals surface area contributed by atoms with Crippen molar-refractivity contribution in [2.75, 3.05) is 44.6 Å². The SMILES string of the molecule is CCCc1ccc2c(c1)C1(CCN(C3CCN(C(=O)OCC)CC3)CC1)CN2. The number of benzene rings is 1. The molecule has 0 unspecified atom stereocenters. The van der Waals surface area contributed by atoms with E-state index >= 15 is 0 Å². The van der Waals surface area contributed by atoms with Crippen LogP contribution in [0.25, 0.3) is 0 Å². The van der Waals surface area contributed by atoms with Gasteiger partial charge in [0.1, 0.15) is 0 Å². The van der Waals surface area contributed by atoms with Crippen LogP contribution in [0.2, 0.25) is 0 Å². The number of nitrogens with zero attached hydrogens (tertiary/aromatic N) is 2. The Labute approximate surface area is 169 Å². The first kappa shape index (κ1) is 19.6. The van der Waals surface area contributed by atoms with Gasteiger partial charge < -0.3 is 19.9 Å². The minimum absolute atomic E-state index is 0.143. The van der Waals surface area contributed by atoms with Crippen LogP contribution in [0.3, 0.4) is 0 Å². The first-order chi connectivity index (χ1) is 13.6. The molecule has 0 saturated carbocycles. The standard InChI is InChI=1S/C23H35N3O2/c1-3-5-18-6-7-21-20(16-18)23(17-24-21)10-14-25(15-11-23)19-8-12-26(13-9-19)22(27)28-4-2/h6-7,16,19,24H,3-5,8-15,17H2,1-2H3. The lowest BCUT2D eigenvalue weighted by molar-refractivity contribution is 0.0584. The number of amides is 1. The number of nitrogens with one attached hydrogen (secondary N) is 1. The summed E-state index contributed by atoms with van der Waals surface area (Å²) >= 11 is 0. The molecule has 5 heteroatoms. The minimum Gasteiger partial charge on any atom is -0.450 e. The average molecular weight is 386 g/mol. The lowest BCUT2D eigenvalue weighted by atomic mass is 9.73. The molecule has 3 heterocycles. The van der Waals surface area contributed by atoms with Gasteiger partial charge in [0.25, 0.3) is 0 Å². The molecule has 4 rings (SSSR count). The van der Waals surface area contributed by atoms with E-state index in [1.54, 1.807) is 5.56 Å². The Kier molecular flexibility index (Phi) is 5.81. The topological polar surface area (TPSA) is 44.8 Å². The molecule has 1 spiro atoms. The molecule has 154 valence electrons. The van der Waals surface area contributed by atoms with Crippen molar-refractivity contribution in [3.8, 4) is 0 Å². The summed E-state index contributed by atoms with van der Waals surface area (Å²) < 4.78 is 5.15. The van der Waals surface area contributed by atoms with Gasteiger partial charge in [-0.2, -0.15) is 0 Å². The van der Waals surface area contributed by atoms with Gasteiger partial charge in [0.05, 0.1) is 6.61 Å². The Bertz CT molecular complexity index is 689. The third-order valence-electron chi connectivity index (χ3n) is 7.07. The van der Waals surface area contributed by atoms with Crippen LogP contribution in [0.4, 0.5) is 10.5 Å². The van der Waals surface area contributed by atoms with Crippen molar-refractivity contribution in [2.24, 2.45) is 0 Å². The van der Waals surface area contributed by atoms with Crippen molar-refractivity contribution < 1.29 is 9.53 Å². The first-order valence-electron chi connectivity index (χ1n) is 11.2. The number of anilines is 1. The zero-order chi connectivity index (χ0) is 19.6. The van der Waals surface area contributed by atoms with E-state index in [0.717, 1.165) is 32.5 Å². The molecule has 28 heavy (non-hydrogen) atoms. The highest BCUT2D eigenvalue weighted by molar-refractivity contribution is 5.67. The van der Waals surface area contributed by atoms with Crippen LogP contribution in [0.5, 0.6) is 0 Å². The monoisotopic (exact) mass is 385 g/mol. The van der Waals surface area contributed by atoms with Crippen molar-refractivity contribution in [2.45, 2.75) is 63.8 Å². The highest BCUT2D eigenvalue weighted by Gasteiger charge is 2.42. The molecular weight excluding hydrogens is 350 g/mol. The number of carbonyl (C=O) groups excluding carboxylic acids is 1. The van der Waals surface area contributed by atoms with Gasteiger partial charge in [-0.05, 0) is 69.3 Å². The average Bonchev–Trinajstić information content (AvgIpc) is 3.07. The summed E-state index contributed by atoms with van der Waals surface area (Å²) in [5.41, 5.74) is 4.73. The zero-order valence-electron chi connectivity index (χ0n) is 17.5. The van der Waals surface area contributed by atoms with E-state index in [1.807, 2.05) is 11.8 Å². The van der Waals surface area contributed by atoms with Crippen molar-refractivity contribution in [1.29, 1.82) is 0 Å². The normalized spacial score (nSPS) is 22.1. The molecule has 2 fully saturated rings. The Balaban J connectivity index is 1.35. The molecule has 1 N–H and O–H groups in total. The molecule has 1 aromatic carbocycles. The van der Waals surface area contributed by atoms with Crippen LogP contribution >= 0.6 is 0 Å². The van der Waals surface area contributed by atoms with Crippen molar-refractivity contribution in [1.82, 2.24) is 9.80 Å². The Hall–Kier alpha value is -1.75. The van der Waals surface area contributed by atoms with Crippen LogP contribution < -0.4 is 5.32 Å². The van der Waals surface area contributed by atoms with Gasteiger partial charge in [-0.1, -0.05) is 25.5 Å². The Morgan fingerprint density at radius 1 is 1.18 bits per heavy atom. The van der Waals surface area contributed by atoms with E-state index in [4.69, 9.17) is 4.74 Å². The number of fused-ring (bicyclic) bond motifs is 2. The van der Waals surface area contributed by atoms with Crippen LogP contribution in [-0.2, 0) is 16.6 Å². The molecule has 0 radical (unpaired) electrons. The number of rotatable bonds is 4. The second-order valence-corrected chi connectivity index (χ2v) is 8.72. The summed E-state index contributed by atoms with van der Waals surface area (Å²) in [6.45, 7) is 9.68. The maximum Gasteiger partial charge on any atom is 0.409 e. The number of likely N-dealkylation sites (tertiary alicyclic amines) is 2. The molecule has 5 nitrogen and oxygen atoms in total.